The molecule has 0 radical (unpaired) electrons. The molecule has 2 rings (SSSR count). The molecule has 4 nitrogen and oxygen atoms in total. The lowest BCUT2D eigenvalue weighted by molar-refractivity contribution is -0.146. The van der Waals surface area contributed by atoms with E-state index in [1.807, 2.05) is 6.92 Å². The molecule has 24 heavy (non-hydrogen) atoms. The highest BCUT2D eigenvalue weighted by molar-refractivity contribution is 6.35. The average Bonchev–Trinajstić information content (AvgIpc) is 2.52. The number of carbonyl (C=O) groups excluding carboxylic acids is 2. The minimum atomic E-state index is -0.559. The predicted octanol–water partition coefficient (Wildman–Crippen LogP) is 4.68. The number of halogens is 3. The molecule has 0 saturated heterocycles. The molecule has 0 atom stereocenters. The molecular formula is C17H14Cl3NO3. The van der Waals surface area contributed by atoms with Crippen LogP contribution in [-0.2, 0) is 20.7 Å². The number of hydrogen-bond donors (Lipinski definition) is 1. The van der Waals surface area contributed by atoms with E-state index < -0.39 is 18.5 Å². The van der Waals surface area contributed by atoms with Crippen molar-refractivity contribution in [2.75, 3.05) is 11.9 Å². The van der Waals surface area contributed by atoms with Crippen LogP contribution in [0.2, 0.25) is 15.1 Å². The molecule has 2 aromatic carbocycles. The minimum absolute atomic E-state index is 0.0420. The molecule has 0 aliphatic heterocycles. The van der Waals surface area contributed by atoms with E-state index in [-0.39, 0.29) is 6.42 Å². The Labute approximate surface area is 154 Å². The smallest absolute Gasteiger partial charge is 0.310 e. The van der Waals surface area contributed by atoms with Crippen molar-refractivity contribution in [2.24, 2.45) is 0 Å². The largest absolute Gasteiger partial charge is 0.455 e. The summed E-state index contributed by atoms with van der Waals surface area (Å²) < 4.78 is 4.94. The number of amides is 1. The third-order valence-corrected chi connectivity index (χ3v) is 4.16. The van der Waals surface area contributed by atoms with E-state index >= 15 is 0 Å². The molecule has 1 N–H and O–H groups in total. The molecule has 0 unspecified atom stereocenters. The number of nitrogens with one attached hydrogen (secondary N) is 1. The maximum Gasteiger partial charge on any atom is 0.310 e. The van der Waals surface area contributed by atoms with E-state index in [1.165, 1.54) is 0 Å². The van der Waals surface area contributed by atoms with E-state index in [4.69, 9.17) is 39.5 Å². The van der Waals surface area contributed by atoms with Crippen LogP contribution in [0.5, 0.6) is 0 Å². The summed E-state index contributed by atoms with van der Waals surface area (Å²) in [4.78, 5) is 23.6. The highest BCUT2D eigenvalue weighted by Gasteiger charge is 2.11. The van der Waals surface area contributed by atoms with E-state index in [1.54, 1.807) is 36.4 Å². The molecule has 0 heterocycles. The Kier molecular flexibility index (Phi) is 6.49. The summed E-state index contributed by atoms with van der Waals surface area (Å²) in [7, 11) is 0. The van der Waals surface area contributed by atoms with Crippen LogP contribution in [0, 0.1) is 6.92 Å². The van der Waals surface area contributed by atoms with Gasteiger partial charge in [-0.05, 0) is 42.3 Å². The maximum atomic E-state index is 11.8. The zero-order valence-corrected chi connectivity index (χ0v) is 15.0. The SMILES string of the molecule is Cc1ccc(NC(=O)COC(=O)Cc2ccc(Cl)cc2Cl)cc1Cl. The maximum absolute atomic E-state index is 11.8. The van der Waals surface area contributed by atoms with Gasteiger partial charge in [0.05, 0.1) is 6.42 Å². The fourth-order valence-electron chi connectivity index (χ4n) is 1.89. The first-order valence-electron chi connectivity index (χ1n) is 7.00. The molecule has 7 heteroatoms. The molecule has 0 fully saturated rings. The first-order valence-corrected chi connectivity index (χ1v) is 8.14. The molecule has 0 aromatic heterocycles. The Hall–Kier alpha value is -1.75. The van der Waals surface area contributed by atoms with Crippen molar-refractivity contribution in [1.29, 1.82) is 0 Å². The van der Waals surface area contributed by atoms with Gasteiger partial charge >= 0.3 is 5.97 Å². The molecule has 1 amide bonds. The van der Waals surface area contributed by atoms with Crippen molar-refractivity contribution in [3.63, 3.8) is 0 Å². The van der Waals surface area contributed by atoms with Crippen molar-refractivity contribution in [3.8, 4) is 0 Å². The number of carbonyl (C=O) groups is 2. The van der Waals surface area contributed by atoms with Crippen molar-refractivity contribution in [2.45, 2.75) is 13.3 Å². The van der Waals surface area contributed by atoms with Gasteiger partial charge in [-0.3, -0.25) is 9.59 Å². The minimum Gasteiger partial charge on any atom is -0.455 e. The second kappa shape index (κ2) is 8.38. The molecule has 0 aliphatic carbocycles. The lowest BCUT2D eigenvalue weighted by Crippen LogP contribution is -2.21. The predicted molar refractivity (Wildman–Crippen MR) is 95.9 cm³/mol. The highest BCUT2D eigenvalue weighted by atomic mass is 35.5. The van der Waals surface area contributed by atoms with E-state index in [2.05, 4.69) is 5.32 Å². The average molecular weight is 387 g/mol. The Morgan fingerprint density at radius 3 is 2.46 bits per heavy atom. The van der Waals surface area contributed by atoms with Crippen LogP contribution in [0.4, 0.5) is 5.69 Å². The van der Waals surface area contributed by atoms with Gasteiger partial charge < -0.3 is 10.1 Å². The Morgan fingerprint density at radius 1 is 1.04 bits per heavy atom. The zero-order valence-electron chi connectivity index (χ0n) is 12.7. The van der Waals surface area contributed by atoms with Gasteiger partial charge in [0, 0.05) is 20.8 Å². The lowest BCUT2D eigenvalue weighted by atomic mass is 10.1. The van der Waals surface area contributed by atoms with E-state index in [9.17, 15) is 9.59 Å². The zero-order chi connectivity index (χ0) is 17.7. The fraction of sp³-hybridized carbons (Fsp3) is 0.176. The second-order valence-electron chi connectivity index (χ2n) is 5.09. The quantitative estimate of drug-likeness (QED) is 0.759. The number of ether oxygens (including phenoxy) is 1. The third-order valence-electron chi connectivity index (χ3n) is 3.17. The van der Waals surface area contributed by atoms with Crippen LogP contribution in [0.3, 0.4) is 0 Å². The number of aryl methyl sites for hydroxylation is 1. The van der Waals surface area contributed by atoms with Gasteiger partial charge in [0.15, 0.2) is 6.61 Å². The van der Waals surface area contributed by atoms with Gasteiger partial charge in [0.2, 0.25) is 0 Å². The number of rotatable bonds is 5. The van der Waals surface area contributed by atoms with Crippen molar-refractivity contribution >= 4 is 52.4 Å². The number of hydrogen-bond acceptors (Lipinski definition) is 3. The van der Waals surface area contributed by atoms with Gasteiger partial charge in [-0.25, -0.2) is 0 Å². The van der Waals surface area contributed by atoms with Gasteiger partial charge in [0.25, 0.3) is 5.91 Å². The molecule has 0 aliphatic rings. The standard InChI is InChI=1S/C17H14Cl3NO3/c1-10-2-5-13(8-14(10)19)21-16(22)9-24-17(23)6-11-3-4-12(18)7-15(11)20/h2-5,7-8H,6,9H2,1H3,(H,21,22). The van der Waals surface area contributed by atoms with Crippen LogP contribution in [0.15, 0.2) is 36.4 Å². The topological polar surface area (TPSA) is 55.4 Å². The van der Waals surface area contributed by atoms with E-state index in [0.29, 0.717) is 26.3 Å². The Morgan fingerprint density at radius 2 is 1.79 bits per heavy atom. The summed E-state index contributed by atoms with van der Waals surface area (Å²) >= 11 is 17.8. The van der Waals surface area contributed by atoms with Crippen LogP contribution >= 0.6 is 34.8 Å². The van der Waals surface area contributed by atoms with Crippen molar-refractivity contribution in [3.05, 3.63) is 62.6 Å². The summed E-state index contributed by atoms with van der Waals surface area (Å²) in [6.45, 7) is 1.47. The lowest BCUT2D eigenvalue weighted by Gasteiger charge is -2.08. The summed E-state index contributed by atoms with van der Waals surface area (Å²) in [5, 5.41) is 4.00. The number of esters is 1. The van der Waals surface area contributed by atoms with Crippen LogP contribution in [0.1, 0.15) is 11.1 Å². The first-order chi connectivity index (χ1) is 11.3. The normalized spacial score (nSPS) is 10.3. The summed E-state index contributed by atoms with van der Waals surface area (Å²) in [5.41, 5.74) is 2.02. The molecular weight excluding hydrogens is 373 g/mol. The van der Waals surface area contributed by atoms with Crippen molar-refractivity contribution < 1.29 is 14.3 Å². The molecule has 2 aromatic rings. The first kappa shape index (κ1) is 18.6. The second-order valence-corrected chi connectivity index (χ2v) is 6.34. The van der Waals surface area contributed by atoms with Gasteiger partial charge in [-0.15, -0.1) is 0 Å². The van der Waals surface area contributed by atoms with Gasteiger partial charge in [-0.1, -0.05) is 46.9 Å². The molecule has 0 saturated carbocycles. The van der Waals surface area contributed by atoms with Gasteiger partial charge in [-0.2, -0.15) is 0 Å². The van der Waals surface area contributed by atoms with Crippen LogP contribution in [-0.4, -0.2) is 18.5 Å². The van der Waals surface area contributed by atoms with Crippen LogP contribution < -0.4 is 5.32 Å². The molecule has 0 spiro atoms. The van der Waals surface area contributed by atoms with Gasteiger partial charge in [0.1, 0.15) is 0 Å². The molecule has 126 valence electrons. The highest BCUT2D eigenvalue weighted by Crippen LogP contribution is 2.22. The fourth-order valence-corrected chi connectivity index (χ4v) is 2.54. The number of benzene rings is 2. The monoisotopic (exact) mass is 385 g/mol. The molecule has 0 bridgehead atoms. The summed E-state index contributed by atoms with van der Waals surface area (Å²) in [5.74, 6) is -1.01. The number of anilines is 1. The van der Waals surface area contributed by atoms with E-state index in [0.717, 1.165) is 5.56 Å². The Bertz CT molecular complexity index is 778. The summed E-state index contributed by atoms with van der Waals surface area (Å²) in [6.07, 6.45) is -0.0420. The Balaban J connectivity index is 1.84. The van der Waals surface area contributed by atoms with Crippen LogP contribution in [0.25, 0.3) is 0 Å². The summed E-state index contributed by atoms with van der Waals surface area (Å²) in [6, 6.07) is 9.94. The third kappa shape index (κ3) is 5.41. The van der Waals surface area contributed by atoms with Crippen molar-refractivity contribution in [1.82, 2.24) is 0 Å².